The lowest BCUT2D eigenvalue weighted by molar-refractivity contribution is -0.204. The Labute approximate surface area is 124 Å². The van der Waals surface area contributed by atoms with E-state index in [2.05, 4.69) is 0 Å². The van der Waals surface area contributed by atoms with E-state index >= 15 is 0 Å². The molecule has 0 spiro atoms. The van der Waals surface area contributed by atoms with Gasteiger partial charge in [-0.1, -0.05) is 0 Å². The molecule has 0 unspecified atom stereocenters. The number of aliphatic hydroxyl groups excluding tert-OH is 3. The van der Waals surface area contributed by atoms with Crippen molar-refractivity contribution >= 4 is 5.78 Å². The average molecular weight is 340 g/mol. The summed E-state index contributed by atoms with van der Waals surface area (Å²) >= 11 is 0. The molecule has 1 aromatic heterocycles. The molecule has 1 aliphatic rings. The summed E-state index contributed by atoms with van der Waals surface area (Å²) in [5.74, 6) is -2.66. The van der Waals surface area contributed by atoms with E-state index in [-0.39, 0.29) is 0 Å². The molecule has 1 fully saturated rings. The number of rotatable bonds is 3. The second-order valence-corrected chi connectivity index (χ2v) is 4.82. The Hall–Kier alpha value is -2.02. The first-order valence-corrected chi connectivity index (χ1v) is 6.14. The lowest BCUT2D eigenvalue weighted by Crippen LogP contribution is -2.55. The van der Waals surface area contributed by atoms with Gasteiger partial charge in [-0.15, -0.1) is 0 Å². The van der Waals surface area contributed by atoms with Crippen LogP contribution in [0.2, 0.25) is 0 Å². The van der Waals surface area contributed by atoms with Crippen LogP contribution in [-0.4, -0.2) is 62.2 Å². The Morgan fingerprint density at radius 2 is 1.96 bits per heavy atom. The molecule has 2 heterocycles. The largest absolute Gasteiger partial charge is 0.453 e. The summed E-state index contributed by atoms with van der Waals surface area (Å²) in [6, 6.07) is 0. The monoisotopic (exact) mass is 340 g/mol. The van der Waals surface area contributed by atoms with E-state index in [0.717, 1.165) is 0 Å². The van der Waals surface area contributed by atoms with Gasteiger partial charge in [-0.05, 0) is 0 Å². The third-order valence-electron chi connectivity index (χ3n) is 3.45. The number of H-pyrrole nitrogens is 2. The maximum Gasteiger partial charge on any atom is 0.453 e. The minimum atomic E-state index is -5.53. The van der Waals surface area contributed by atoms with Crippen molar-refractivity contribution in [3.63, 3.8) is 0 Å². The smallest absolute Gasteiger partial charge is 0.394 e. The lowest BCUT2D eigenvalue weighted by Gasteiger charge is -2.30. The molecule has 0 bridgehead atoms. The highest BCUT2D eigenvalue weighted by Crippen LogP contribution is 2.43. The topological polar surface area (TPSA) is 153 Å². The Bertz CT molecular complexity index is 727. The molecule has 23 heavy (non-hydrogen) atoms. The molecule has 1 aliphatic heterocycles. The number of Topliss-reactive ketones (excluding diaryl/α,β-unsaturated/α-hetero) is 1. The molecule has 1 saturated heterocycles. The number of aromatic nitrogens is 2. The van der Waals surface area contributed by atoms with E-state index in [4.69, 9.17) is 9.84 Å². The first-order chi connectivity index (χ1) is 10.6. The van der Waals surface area contributed by atoms with Gasteiger partial charge >= 0.3 is 11.9 Å². The summed E-state index contributed by atoms with van der Waals surface area (Å²) in [7, 11) is 0. The minimum absolute atomic E-state index is 0.473. The molecule has 12 heteroatoms. The molecular weight excluding hydrogens is 329 g/mol. The van der Waals surface area contributed by atoms with Crippen LogP contribution in [0, 0.1) is 0 Å². The van der Waals surface area contributed by atoms with Crippen molar-refractivity contribution in [2.75, 3.05) is 6.61 Å². The number of aromatic amines is 2. The average Bonchev–Trinajstić information content (AvgIpc) is 2.71. The molecule has 2 rings (SSSR count). The molecule has 1 aromatic rings. The van der Waals surface area contributed by atoms with Gasteiger partial charge in [-0.25, -0.2) is 4.79 Å². The fourth-order valence-electron chi connectivity index (χ4n) is 2.40. The SMILES string of the molecule is O=C(C(F)(F)F)[C@@]1(c2c[nH]c(=O)[nH]c2=O)O[C@H](CO)[C@@H](O)[C@H]1O. The van der Waals surface area contributed by atoms with Gasteiger partial charge < -0.3 is 25.0 Å². The molecule has 128 valence electrons. The summed E-state index contributed by atoms with van der Waals surface area (Å²) in [5.41, 5.74) is -6.86. The normalized spacial score (nSPS) is 31.3. The standard InChI is InChI=1S/C11H11F3N2O7/c12-11(13,14)8(21)10(3-1-15-9(22)16-7(3)20)6(19)5(18)4(2-17)23-10/h1,4-6,17-19H,2H2,(H2,15,16,20,22)/t4-,5-,6-,10+/m1/s1. The lowest BCUT2D eigenvalue weighted by atomic mass is 9.84. The number of alkyl halides is 3. The second kappa shape index (κ2) is 5.56. The van der Waals surface area contributed by atoms with E-state index in [1.165, 1.54) is 0 Å². The predicted molar refractivity (Wildman–Crippen MR) is 64.4 cm³/mol. The van der Waals surface area contributed by atoms with Crippen molar-refractivity contribution < 1.29 is 38.0 Å². The second-order valence-electron chi connectivity index (χ2n) is 4.82. The van der Waals surface area contributed by atoms with Gasteiger partial charge in [0, 0.05) is 6.20 Å². The number of hydrogen-bond acceptors (Lipinski definition) is 7. The molecule has 0 amide bonds. The van der Waals surface area contributed by atoms with Gasteiger partial charge in [0.15, 0.2) is 5.60 Å². The van der Waals surface area contributed by atoms with Crippen molar-refractivity contribution in [1.29, 1.82) is 0 Å². The number of nitrogens with one attached hydrogen (secondary N) is 2. The van der Waals surface area contributed by atoms with Crippen LogP contribution in [0.25, 0.3) is 0 Å². The van der Waals surface area contributed by atoms with Crippen molar-refractivity contribution in [2.45, 2.75) is 30.1 Å². The van der Waals surface area contributed by atoms with Crippen LogP contribution < -0.4 is 11.2 Å². The number of halogens is 3. The van der Waals surface area contributed by atoms with E-state index < -0.39 is 59.3 Å². The van der Waals surface area contributed by atoms with Crippen molar-refractivity contribution in [3.8, 4) is 0 Å². The number of aliphatic hydroxyl groups is 3. The Kier molecular flexibility index (Phi) is 4.19. The molecule has 0 radical (unpaired) electrons. The summed E-state index contributed by atoms with van der Waals surface area (Å²) in [6.45, 7) is -1.02. The summed E-state index contributed by atoms with van der Waals surface area (Å²) < 4.78 is 43.5. The van der Waals surface area contributed by atoms with Gasteiger partial charge in [0.1, 0.15) is 18.3 Å². The maximum absolute atomic E-state index is 12.9. The predicted octanol–water partition coefficient (Wildman–Crippen LogP) is -2.50. The van der Waals surface area contributed by atoms with Crippen LogP contribution in [0.1, 0.15) is 5.56 Å². The number of ether oxygens (including phenoxy) is 1. The zero-order valence-electron chi connectivity index (χ0n) is 11.1. The molecule has 0 aromatic carbocycles. The Morgan fingerprint density at radius 1 is 1.35 bits per heavy atom. The third kappa shape index (κ3) is 2.59. The zero-order chi connectivity index (χ0) is 17.6. The molecule has 5 N–H and O–H groups in total. The van der Waals surface area contributed by atoms with Crippen molar-refractivity contribution in [3.05, 3.63) is 32.6 Å². The summed E-state index contributed by atoms with van der Waals surface area (Å²) in [5, 5.41) is 28.6. The molecule has 0 aliphatic carbocycles. The summed E-state index contributed by atoms with van der Waals surface area (Å²) in [6.07, 6.45) is -11.4. The van der Waals surface area contributed by atoms with Gasteiger partial charge in [0.2, 0.25) is 0 Å². The van der Waals surface area contributed by atoms with E-state index in [9.17, 15) is 37.8 Å². The minimum Gasteiger partial charge on any atom is -0.394 e. The van der Waals surface area contributed by atoms with Crippen LogP contribution >= 0.6 is 0 Å². The number of carbonyl (C=O) groups is 1. The maximum atomic E-state index is 12.9. The third-order valence-corrected chi connectivity index (χ3v) is 3.45. The molecular formula is C11H11F3N2O7. The highest BCUT2D eigenvalue weighted by molar-refractivity contribution is 5.94. The molecule has 4 atom stereocenters. The Morgan fingerprint density at radius 3 is 2.39 bits per heavy atom. The molecule has 9 nitrogen and oxygen atoms in total. The first kappa shape index (κ1) is 17.3. The molecule has 0 saturated carbocycles. The van der Waals surface area contributed by atoms with Crippen LogP contribution in [0.5, 0.6) is 0 Å². The van der Waals surface area contributed by atoms with E-state index in [0.29, 0.717) is 6.20 Å². The van der Waals surface area contributed by atoms with E-state index in [1.54, 1.807) is 4.98 Å². The van der Waals surface area contributed by atoms with Crippen molar-refractivity contribution in [2.24, 2.45) is 0 Å². The van der Waals surface area contributed by atoms with E-state index in [1.807, 2.05) is 4.98 Å². The Balaban J connectivity index is 2.74. The van der Waals surface area contributed by atoms with Crippen LogP contribution in [0.15, 0.2) is 15.8 Å². The number of hydrogen-bond donors (Lipinski definition) is 5. The zero-order valence-corrected chi connectivity index (χ0v) is 11.1. The fraction of sp³-hybridized carbons (Fsp3) is 0.545. The van der Waals surface area contributed by atoms with Crippen molar-refractivity contribution in [1.82, 2.24) is 9.97 Å². The highest BCUT2D eigenvalue weighted by Gasteiger charge is 2.67. The van der Waals surface area contributed by atoms with Crippen LogP contribution in [0.3, 0.4) is 0 Å². The fourth-order valence-corrected chi connectivity index (χ4v) is 2.40. The van der Waals surface area contributed by atoms with Gasteiger partial charge in [0.25, 0.3) is 11.3 Å². The first-order valence-electron chi connectivity index (χ1n) is 6.14. The van der Waals surface area contributed by atoms with Crippen LogP contribution in [-0.2, 0) is 15.1 Å². The number of ketones is 1. The van der Waals surface area contributed by atoms with Gasteiger partial charge in [-0.2, -0.15) is 13.2 Å². The van der Waals surface area contributed by atoms with Gasteiger partial charge in [-0.3, -0.25) is 14.6 Å². The van der Waals surface area contributed by atoms with Gasteiger partial charge in [0.05, 0.1) is 12.2 Å². The highest BCUT2D eigenvalue weighted by atomic mass is 19.4. The summed E-state index contributed by atoms with van der Waals surface area (Å²) in [4.78, 5) is 38.0. The van der Waals surface area contributed by atoms with Crippen LogP contribution in [0.4, 0.5) is 13.2 Å². The number of carbonyl (C=O) groups excluding carboxylic acids is 1. The quantitative estimate of drug-likeness (QED) is 0.408.